The Morgan fingerprint density at radius 2 is 1.05 bits per heavy atom. The fourth-order valence-electron chi connectivity index (χ4n) is 2.65. The predicted molar refractivity (Wildman–Crippen MR) is 92.5 cm³/mol. The first kappa shape index (κ1) is 16.3. The highest BCUT2D eigenvalue weighted by Gasteiger charge is 2.19. The predicted octanol–water partition coefficient (Wildman–Crippen LogP) is 6.21. The second-order valence-corrected chi connectivity index (χ2v) is 5.54. The lowest BCUT2D eigenvalue weighted by Crippen LogP contribution is -2.21. The van der Waals surface area contributed by atoms with Crippen molar-refractivity contribution in [3.63, 3.8) is 0 Å². The first-order chi connectivity index (χ1) is 9.09. The van der Waals surface area contributed by atoms with Gasteiger partial charge in [-0.1, -0.05) is 57.7 Å². The van der Waals surface area contributed by atoms with Crippen LogP contribution in [0.1, 0.15) is 42.0 Å². The van der Waals surface area contributed by atoms with Crippen molar-refractivity contribution in [2.24, 2.45) is 0 Å². The molecule has 0 N–H and O–H groups in total. The summed E-state index contributed by atoms with van der Waals surface area (Å²) < 4.78 is 2.43. The Morgan fingerprint density at radius 3 is 1.40 bits per heavy atom. The molecule has 0 radical (unpaired) electrons. The molecule has 0 spiro atoms. The number of aromatic nitrogens is 1. The van der Waals surface area contributed by atoms with Crippen LogP contribution in [0, 0.1) is 0 Å². The molecule has 1 nitrogen and oxygen atoms in total. The van der Waals surface area contributed by atoms with E-state index in [1.165, 1.54) is 21.8 Å². The highest BCUT2D eigenvalue weighted by molar-refractivity contribution is 6.08. The van der Waals surface area contributed by atoms with Gasteiger partial charge in [0.1, 0.15) is 0 Å². The Labute approximate surface area is 123 Å². The Hall–Kier alpha value is -1.76. The summed E-state index contributed by atoms with van der Waals surface area (Å²) >= 11 is 0. The molecule has 0 unspecified atom stereocenters. The first-order valence-corrected chi connectivity index (χ1v) is 7.08. The molecule has 3 aromatic rings. The lowest BCUT2D eigenvalue weighted by atomic mass is 10.1. The molecule has 1 heteroatoms. The van der Waals surface area contributed by atoms with Crippen LogP contribution in [0.3, 0.4) is 0 Å². The van der Waals surface area contributed by atoms with Gasteiger partial charge in [-0.05, 0) is 32.9 Å². The minimum Gasteiger partial charge on any atom is -0.335 e. The number of hydrogen-bond acceptors (Lipinski definition) is 0. The van der Waals surface area contributed by atoms with Crippen molar-refractivity contribution in [2.75, 3.05) is 0 Å². The third kappa shape index (κ3) is 2.58. The number of rotatable bonds is 0. The van der Waals surface area contributed by atoms with E-state index >= 15 is 0 Å². The zero-order valence-electron chi connectivity index (χ0n) is 12.6. The van der Waals surface area contributed by atoms with Crippen molar-refractivity contribution in [3.05, 3.63) is 48.5 Å². The molecule has 1 heterocycles. The second kappa shape index (κ2) is 6.13. The van der Waals surface area contributed by atoms with Gasteiger partial charge in [0.05, 0.1) is 0 Å². The van der Waals surface area contributed by atoms with Crippen LogP contribution in [0.2, 0.25) is 0 Å². The summed E-state index contributed by atoms with van der Waals surface area (Å²) in [6.07, 6.45) is 0. The summed E-state index contributed by atoms with van der Waals surface area (Å²) in [5, 5.41) is 2.69. The van der Waals surface area contributed by atoms with Gasteiger partial charge in [0.15, 0.2) is 0 Å². The SMILES string of the molecule is C.CC.CC(C)(C)n1c2ccccc2c2ccccc21. The molecular weight excluding hydrogens is 242 g/mol. The number of hydrogen-bond donors (Lipinski definition) is 0. The van der Waals surface area contributed by atoms with Gasteiger partial charge in [-0.3, -0.25) is 0 Å². The van der Waals surface area contributed by atoms with Crippen molar-refractivity contribution in [1.82, 2.24) is 4.57 Å². The molecule has 2 aromatic carbocycles. The quantitative estimate of drug-likeness (QED) is 0.457. The van der Waals surface area contributed by atoms with Gasteiger partial charge < -0.3 is 4.57 Å². The number of benzene rings is 2. The van der Waals surface area contributed by atoms with Crippen LogP contribution in [-0.2, 0) is 5.54 Å². The topological polar surface area (TPSA) is 4.93 Å². The fraction of sp³-hybridized carbons (Fsp3) is 0.368. The molecule has 108 valence electrons. The van der Waals surface area contributed by atoms with Gasteiger partial charge in [-0.25, -0.2) is 0 Å². The van der Waals surface area contributed by atoms with E-state index in [1.807, 2.05) is 13.8 Å². The largest absolute Gasteiger partial charge is 0.335 e. The maximum Gasteiger partial charge on any atom is 0.0496 e. The van der Waals surface area contributed by atoms with Crippen LogP contribution in [0.15, 0.2) is 48.5 Å². The van der Waals surface area contributed by atoms with Gasteiger partial charge in [-0.2, -0.15) is 0 Å². The molecule has 1 aromatic heterocycles. The van der Waals surface area contributed by atoms with E-state index in [9.17, 15) is 0 Å². The van der Waals surface area contributed by atoms with Crippen molar-refractivity contribution in [1.29, 1.82) is 0 Å². The Bertz CT molecular complexity index is 630. The Kier molecular flexibility index (Phi) is 4.99. The zero-order chi connectivity index (χ0) is 14.0. The van der Waals surface area contributed by atoms with Gasteiger partial charge >= 0.3 is 0 Å². The molecule has 3 rings (SSSR count). The van der Waals surface area contributed by atoms with E-state index in [0.717, 1.165) is 0 Å². The van der Waals surface area contributed by atoms with Gasteiger partial charge in [0.2, 0.25) is 0 Å². The van der Waals surface area contributed by atoms with Crippen LogP contribution < -0.4 is 0 Å². The van der Waals surface area contributed by atoms with Crippen molar-refractivity contribution in [3.8, 4) is 0 Å². The molecule has 0 aliphatic heterocycles. The molecule has 0 amide bonds. The van der Waals surface area contributed by atoms with Crippen LogP contribution in [0.4, 0.5) is 0 Å². The van der Waals surface area contributed by atoms with Crippen LogP contribution in [0.25, 0.3) is 21.8 Å². The summed E-state index contributed by atoms with van der Waals surface area (Å²) in [5.41, 5.74) is 2.74. The molecule has 0 fully saturated rings. The van der Waals surface area contributed by atoms with E-state index in [-0.39, 0.29) is 13.0 Å². The van der Waals surface area contributed by atoms with Crippen LogP contribution >= 0.6 is 0 Å². The highest BCUT2D eigenvalue weighted by atomic mass is 15.0. The smallest absolute Gasteiger partial charge is 0.0496 e. The maximum absolute atomic E-state index is 2.43. The maximum atomic E-state index is 2.43. The van der Waals surface area contributed by atoms with Crippen LogP contribution in [-0.4, -0.2) is 4.57 Å². The molecule has 20 heavy (non-hydrogen) atoms. The normalized spacial score (nSPS) is 10.8. The fourth-order valence-corrected chi connectivity index (χ4v) is 2.65. The summed E-state index contributed by atoms with van der Waals surface area (Å²) in [5.74, 6) is 0. The van der Waals surface area contributed by atoms with Crippen molar-refractivity contribution in [2.45, 2.75) is 47.6 Å². The minimum atomic E-state index is 0. The number of fused-ring (bicyclic) bond motifs is 3. The lowest BCUT2D eigenvalue weighted by Gasteiger charge is -2.24. The Balaban J connectivity index is 0.000000639. The van der Waals surface area contributed by atoms with Crippen LogP contribution in [0.5, 0.6) is 0 Å². The summed E-state index contributed by atoms with van der Waals surface area (Å²) in [6, 6.07) is 17.3. The third-order valence-corrected chi connectivity index (χ3v) is 3.25. The van der Waals surface area contributed by atoms with Gasteiger partial charge in [0, 0.05) is 27.3 Å². The number of nitrogens with zero attached hydrogens (tertiary/aromatic N) is 1. The summed E-state index contributed by atoms with van der Waals surface area (Å²) in [6.45, 7) is 10.8. The Morgan fingerprint density at radius 1 is 0.700 bits per heavy atom. The average molecular weight is 269 g/mol. The molecule has 0 saturated carbocycles. The van der Waals surface area contributed by atoms with E-state index in [0.29, 0.717) is 0 Å². The molecule has 0 aliphatic rings. The molecule has 0 aliphatic carbocycles. The standard InChI is InChI=1S/C16H17N.C2H6.CH4/c1-16(2,3)17-14-10-6-4-8-12(14)13-9-5-7-11-15(13)17;1-2;/h4-11H,1-3H3;1-2H3;1H4. The van der Waals surface area contributed by atoms with Gasteiger partial charge in [-0.15, -0.1) is 0 Å². The number of para-hydroxylation sites is 2. The molecular formula is C19H27N. The van der Waals surface area contributed by atoms with E-state index in [4.69, 9.17) is 0 Å². The molecule has 0 atom stereocenters. The van der Waals surface area contributed by atoms with E-state index < -0.39 is 0 Å². The summed E-state index contributed by atoms with van der Waals surface area (Å²) in [7, 11) is 0. The second-order valence-electron chi connectivity index (χ2n) is 5.54. The van der Waals surface area contributed by atoms with E-state index in [2.05, 4.69) is 73.9 Å². The van der Waals surface area contributed by atoms with E-state index in [1.54, 1.807) is 0 Å². The zero-order valence-corrected chi connectivity index (χ0v) is 12.6. The molecule has 0 bridgehead atoms. The average Bonchev–Trinajstić information content (AvgIpc) is 2.75. The highest BCUT2D eigenvalue weighted by Crippen LogP contribution is 2.33. The lowest BCUT2D eigenvalue weighted by molar-refractivity contribution is 0.423. The minimum absolute atomic E-state index is 0. The molecule has 0 saturated heterocycles. The van der Waals surface area contributed by atoms with Crippen molar-refractivity contribution < 1.29 is 0 Å². The first-order valence-electron chi connectivity index (χ1n) is 7.08. The monoisotopic (exact) mass is 269 g/mol. The third-order valence-electron chi connectivity index (χ3n) is 3.25. The van der Waals surface area contributed by atoms with Gasteiger partial charge in [0.25, 0.3) is 0 Å². The van der Waals surface area contributed by atoms with Crippen molar-refractivity contribution >= 4 is 21.8 Å². The summed E-state index contributed by atoms with van der Waals surface area (Å²) in [4.78, 5) is 0.